The van der Waals surface area contributed by atoms with Crippen LogP contribution in [-0.4, -0.2) is 31.4 Å². The van der Waals surface area contributed by atoms with E-state index in [2.05, 4.69) is 15.4 Å². The summed E-state index contributed by atoms with van der Waals surface area (Å²) in [5.74, 6) is -1.83. The summed E-state index contributed by atoms with van der Waals surface area (Å²) >= 11 is 0. The molecule has 0 aliphatic heterocycles. The third-order valence-corrected chi connectivity index (χ3v) is 3.34. The number of methoxy groups -OCH3 is 1. The Balaban J connectivity index is 1.81. The molecule has 2 aromatic rings. The molecule has 2 rings (SSSR count). The number of nitrogens with one attached hydrogen (secondary N) is 2. The molecule has 2 N–H and O–H groups in total. The van der Waals surface area contributed by atoms with Gasteiger partial charge in [-0.3, -0.25) is 9.59 Å². The van der Waals surface area contributed by atoms with Crippen molar-refractivity contribution in [2.75, 3.05) is 19.0 Å². The number of carbonyl (C=O) groups excluding carboxylic acids is 3. The summed E-state index contributed by atoms with van der Waals surface area (Å²) in [5, 5.41) is 5.00. The van der Waals surface area contributed by atoms with Gasteiger partial charge in [0.25, 0.3) is 0 Å². The molecule has 6 nitrogen and oxygen atoms in total. The molecule has 0 atom stereocenters. The Morgan fingerprint density at radius 1 is 1.00 bits per heavy atom. The lowest BCUT2D eigenvalue weighted by molar-refractivity contribution is -0.123. The van der Waals surface area contributed by atoms with Gasteiger partial charge in [0.05, 0.1) is 25.6 Å². The van der Waals surface area contributed by atoms with Crippen molar-refractivity contribution in [3.63, 3.8) is 0 Å². The van der Waals surface area contributed by atoms with Gasteiger partial charge in [-0.2, -0.15) is 0 Å². The van der Waals surface area contributed by atoms with E-state index in [4.69, 9.17) is 0 Å². The van der Waals surface area contributed by atoms with Crippen molar-refractivity contribution in [1.29, 1.82) is 0 Å². The van der Waals surface area contributed by atoms with E-state index in [0.29, 0.717) is 11.3 Å². The van der Waals surface area contributed by atoms with Gasteiger partial charge in [0, 0.05) is 5.69 Å². The zero-order valence-corrected chi connectivity index (χ0v) is 13.5. The van der Waals surface area contributed by atoms with E-state index in [-0.39, 0.29) is 18.5 Å². The highest BCUT2D eigenvalue weighted by Gasteiger charge is 2.10. The standard InChI is InChI=1S/C18H17FN2O4/c1-25-18(24)12-6-8-14(9-7-12)21-17(23)11-20-16(22)10-13-4-2-3-5-15(13)19/h2-9H,10-11H2,1H3,(H,20,22)(H,21,23). The molecule has 0 saturated heterocycles. The predicted octanol–water partition coefficient (Wildman–Crippen LogP) is 1.91. The number of esters is 1. The highest BCUT2D eigenvalue weighted by molar-refractivity contribution is 5.95. The molecule has 0 aromatic heterocycles. The van der Waals surface area contributed by atoms with Crippen LogP contribution in [-0.2, 0) is 20.7 Å². The number of anilines is 1. The average molecular weight is 344 g/mol. The molecule has 0 bridgehead atoms. The second-order valence-electron chi connectivity index (χ2n) is 5.16. The molecule has 130 valence electrons. The number of hydrogen-bond donors (Lipinski definition) is 2. The largest absolute Gasteiger partial charge is 0.465 e. The zero-order valence-electron chi connectivity index (χ0n) is 13.5. The van der Waals surface area contributed by atoms with Crippen LogP contribution in [0.4, 0.5) is 10.1 Å². The quantitative estimate of drug-likeness (QED) is 0.784. The van der Waals surface area contributed by atoms with Crippen molar-refractivity contribution in [3.05, 3.63) is 65.5 Å². The van der Waals surface area contributed by atoms with E-state index in [0.717, 1.165) is 0 Å². The Labute approximate surface area is 144 Å². The number of halogens is 1. The number of benzene rings is 2. The van der Waals surface area contributed by atoms with Gasteiger partial charge in [0.15, 0.2) is 0 Å². The zero-order chi connectivity index (χ0) is 18.2. The van der Waals surface area contributed by atoms with Crippen LogP contribution in [0.5, 0.6) is 0 Å². The topological polar surface area (TPSA) is 84.5 Å². The van der Waals surface area contributed by atoms with Crippen LogP contribution in [0.15, 0.2) is 48.5 Å². The second kappa shape index (κ2) is 8.58. The van der Waals surface area contributed by atoms with Crippen LogP contribution in [0.25, 0.3) is 0 Å². The maximum absolute atomic E-state index is 13.5. The van der Waals surface area contributed by atoms with E-state index in [1.807, 2.05) is 0 Å². The third kappa shape index (κ3) is 5.42. The van der Waals surface area contributed by atoms with Gasteiger partial charge in [-0.15, -0.1) is 0 Å². The third-order valence-electron chi connectivity index (χ3n) is 3.34. The summed E-state index contributed by atoms with van der Waals surface area (Å²) < 4.78 is 18.0. The molecule has 0 aliphatic rings. The molecule has 0 radical (unpaired) electrons. The summed E-state index contributed by atoms with van der Waals surface area (Å²) in [6, 6.07) is 12.1. The van der Waals surface area contributed by atoms with Crippen molar-refractivity contribution in [1.82, 2.24) is 5.32 Å². The van der Waals surface area contributed by atoms with Crippen molar-refractivity contribution < 1.29 is 23.5 Å². The molecule has 25 heavy (non-hydrogen) atoms. The van der Waals surface area contributed by atoms with Crippen molar-refractivity contribution >= 4 is 23.5 Å². The predicted molar refractivity (Wildman–Crippen MR) is 89.5 cm³/mol. The van der Waals surface area contributed by atoms with E-state index in [1.165, 1.54) is 37.4 Å². The summed E-state index contributed by atoms with van der Waals surface area (Å²) in [7, 11) is 1.28. The molecule has 0 saturated carbocycles. The minimum absolute atomic E-state index is 0.145. The van der Waals surface area contributed by atoms with Gasteiger partial charge in [0.2, 0.25) is 11.8 Å². The van der Waals surface area contributed by atoms with Crippen LogP contribution in [0.2, 0.25) is 0 Å². The fourth-order valence-corrected chi connectivity index (χ4v) is 2.07. The first-order valence-corrected chi connectivity index (χ1v) is 7.48. The first-order chi connectivity index (χ1) is 12.0. The Bertz CT molecular complexity index is 775. The summed E-state index contributed by atoms with van der Waals surface area (Å²) in [6.45, 7) is -0.244. The number of carbonyl (C=O) groups is 3. The van der Waals surface area contributed by atoms with Crippen molar-refractivity contribution in [2.45, 2.75) is 6.42 Å². The van der Waals surface area contributed by atoms with E-state index >= 15 is 0 Å². The lowest BCUT2D eigenvalue weighted by Crippen LogP contribution is -2.33. The normalized spacial score (nSPS) is 10.0. The van der Waals surface area contributed by atoms with E-state index in [1.54, 1.807) is 18.2 Å². The molecule has 0 heterocycles. The minimum Gasteiger partial charge on any atom is -0.465 e. The maximum Gasteiger partial charge on any atom is 0.337 e. The Kier molecular flexibility index (Phi) is 6.22. The van der Waals surface area contributed by atoms with Crippen LogP contribution in [0.1, 0.15) is 15.9 Å². The summed E-state index contributed by atoms with van der Waals surface area (Å²) in [4.78, 5) is 34.9. The number of hydrogen-bond acceptors (Lipinski definition) is 4. The second-order valence-corrected chi connectivity index (χ2v) is 5.16. The molecule has 0 aliphatic carbocycles. The highest BCUT2D eigenvalue weighted by Crippen LogP contribution is 2.10. The summed E-state index contributed by atoms with van der Waals surface area (Å²) in [6.07, 6.45) is -0.145. The molecular weight excluding hydrogens is 327 g/mol. The summed E-state index contributed by atoms with van der Waals surface area (Å²) in [5.41, 5.74) is 1.10. The Morgan fingerprint density at radius 2 is 1.68 bits per heavy atom. The SMILES string of the molecule is COC(=O)c1ccc(NC(=O)CNC(=O)Cc2ccccc2F)cc1. The van der Waals surface area contributed by atoms with Gasteiger partial charge < -0.3 is 15.4 Å². The van der Waals surface area contributed by atoms with Gasteiger partial charge >= 0.3 is 5.97 Å². The molecule has 2 aromatic carbocycles. The molecule has 2 amide bonds. The first kappa shape index (κ1) is 18.1. The van der Waals surface area contributed by atoms with E-state index < -0.39 is 23.6 Å². The first-order valence-electron chi connectivity index (χ1n) is 7.48. The smallest absolute Gasteiger partial charge is 0.337 e. The fourth-order valence-electron chi connectivity index (χ4n) is 2.07. The molecule has 7 heteroatoms. The average Bonchev–Trinajstić information content (AvgIpc) is 2.62. The highest BCUT2D eigenvalue weighted by atomic mass is 19.1. The van der Waals surface area contributed by atoms with Crippen LogP contribution >= 0.6 is 0 Å². The fraction of sp³-hybridized carbons (Fsp3) is 0.167. The molecule has 0 fully saturated rings. The lowest BCUT2D eigenvalue weighted by atomic mass is 10.1. The van der Waals surface area contributed by atoms with E-state index in [9.17, 15) is 18.8 Å². The monoisotopic (exact) mass is 344 g/mol. The Hall–Kier alpha value is -3.22. The van der Waals surface area contributed by atoms with Crippen LogP contribution < -0.4 is 10.6 Å². The minimum atomic E-state index is -0.474. The number of rotatable bonds is 6. The molecule has 0 unspecified atom stereocenters. The van der Waals surface area contributed by atoms with Gasteiger partial charge in [0.1, 0.15) is 5.82 Å². The van der Waals surface area contributed by atoms with Crippen LogP contribution in [0, 0.1) is 5.82 Å². The molecular formula is C18H17FN2O4. The number of ether oxygens (including phenoxy) is 1. The van der Waals surface area contributed by atoms with Crippen molar-refractivity contribution in [2.24, 2.45) is 0 Å². The van der Waals surface area contributed by atoms with Gasteiger partial charge in [-0.25, -0.2) is 9.18 Å². The maximum atomic E-state index is 13.5. The van der Waals surface area contributed by atoms with Gasteiger partial charge in [-0.1, -0.05) is 18.2 Å². The van der Waals surface area contributed by atoms with Crippen LogP contribution in [0.3, 0.4) is 0 Å². The molecule has 0 spiro atoms. The van der Waals surface area contributed by atoms with Gasteiger partial charge in [-0.05, 0) is 35.9 Å². The Morgan fingerprint density at radius 3 is 2.32 bits per heavy atom. The number of amides is 2. The van der Waals surface area contributed by atoms with Crippen molar-refractivity contribution in [3.8, 4) is 0 Å². The lowest BCUT2D eigenvalue weighted by Gasteiger charge is -2.08.